The minimum Gasteiger partial charge on any atom is -0.325 e. The molecule has 0 aliphatic heterocycles. The van der Waals surface area contributed by atoms with E-state index in [1.165, 1.54) is 0 Å². The first kappa shape index (κ1) is 13.2. The Morgan fingerprint density at radius 2 is 1.95 bits per heavy atom. The molecule has 0 aromatic carbocycles. The van der Waals surface area contributed by atoms with Crippen molar-refractivity contribution in [3.8, 4) is 0 Å². The highest BCUT2D eigenvalue weighted by molar-refractivity contribution is 5.65. The van der Waals surface area contributed by atoms with Crippen molar-refractivity contribution >= 4 is 18.2 Å². The van der Waals surface area contributed by atoms with E-state index < -0.39 is 0 Å². The predicted octanol–water partition coefficient (Wildman–Crippen LogP) is 2.14. The second-order valence-electron chi connectivity index (χ2n) is 4.11. The quantitative estimate of drug-likeness (QED) is 0.828. The smallest absolute Gasteiger partial charge is 0.205 e. The molecule has 0 saturated heterocycles. The fourth-order valence-corrected chi connectivity index (χ4v) is 1.93. The molecule has 0 amide bonds. The average molecular weight is 252 g/mol. The van der Waals surface area contributed by atoms with Gasteiger partial charge >= 0.3 is 0 Å². The summed E-state index contributed by atoms with van der Waals surface area (Å²) in [5, 5.41) is 0. The molecule has 2 heterocycles. The summed E-state index contributed by atoms with van der Waals surface area (Å²) >= 11 is 0. The van der Waals surface area contributed by atoms with Crippen molar-refractivity contribution in [3.63, 3.8) is 0 Å². The molecule has 0 saturated carbocycles. The molecule has 3 nitrogen and oxygen atoms in total. The summed E-state index contributed by atoms with van der Waals surface area (Å²) < 4.78 is 2.15. The zero-order valence-electron chi connectivity index (χ0n) is 10.9. The topological polar surface area (TPSA) is 42.8 Å². The van der Waals surface area contributed by atoms with Crippen LogP contribution in [0.5, 0.6) is 0 Å². The molecule has 2 N–H and O–H groups in total. The predicted molar refractivity (Wildman–Crippen MR) is 78.9 cm³/mol. The second kappa shape index (κ2) is 6.61. The highest BCUT2D eigenvalue weighted by Crippen LogP contribution is 2.04. The van der Waals surface area contributed by atoms with Crippen LogP contribution in [-0.4, -0.2) is 11.5 Å². The van der Waals surface area contributed by atoms with Gasteiger partial charge < -0.3 is 5.73 Å². The maximum Gasteiger partial charge on any atom is 0.205 e. The molecule has 0 aliphatic rings. The molecule has 0 fully saturated rings. The van der Waals surface area contributed by atoms with E-state index in [9.17, 15) is 0 Å². The molecular weight excluding hydrogens is 234 g/mol. The zero-order valence-corrected chi connectivity index (χ0v) is 10.9. The number of hydrogen-bond donors (Lipinski definition) is 1. The lowest BCUT2D eigenvalue weighted by Gasteiger charge is -2.02. The molecule has 0 atom stereocenters. The Kier molecular flexibility index (Phi) is 4.59. The lowest BCUT2D eigenvalue weighted by molar-refractivity contribution is -0.697. The Bertz CT molecular complexity index is 574. The van der Waals surface area contributed by atoms with Crippen LogP contribution in [0.4, 0.5) is 0 Å². The van der Waals surface area contributed by atoms with Gasteiger partial charge in [0, 0.05) is 30.5 Å². The van der Waals surface area contributed by atoms with E-state index in [4.69, 9.17) is 5.73 Å². The van der Waals surface area contributed by atoms with E-state index >= 15 is 0 Å². The molecule has 0 radical (unpaired) electrons. The van der Waals surface area contributed by atoms with Gasteiger partial charge in [-0.2, -0.15) is 4.57 Å². The van der Waals surface area contributed by atoms with E-state index in [1.54, 1.807) is 6.20 Å². The van der Waals surface area contributed by atoms with Crippen molar-refractivity contribution in [1.29, 1.82) is 0 Å². The van der Waals surface area contributed by atoms with Crippen LogP contribution >= 0.6 is 0 Å². The third kappa shape index (κ3) is 3.36. The lowest BCUT2D eigenvalue weighted by Crippen LogP contribution is -2.43. The van der Waals surface area contributed by atoms with Crippen molar-refractivity contribution in [2.45, 2.75) is 6.54 Å². The summed E-state index contributed by atoms with van der Waals surface area (Å²) in [4.78, 5) is 4.27. The molecule has 0 aliphatic carbocycles. The molecule has 0 spiro atoms. The second-order valence-corrected chi connectivity index (χ2v) is 4.11. The van der Waals surface area contributed by atoms with Crippen LogP contribution in [0.2, 0.25) is 0 Å². The summed E-state index contributed by atoms with van der Waals surface area (Å²) in [5.74, 6) is 0. The molecule has 96 valence electrons. The van der Waals surface area contributed by atoms with Crippen molar-refractivity contribution in [2.24, 2.45) is 5.73 Å². The van der Waals surface area contributed by atoms with Crippen molar-refractivity contribution in [1.82, 2.24) is 4.98 Å². The number of nitrogens with two attached hydrogens (primary N) is 1. The lowest BCUT2D eigenvalue weighted by atomic mass is 10.2. The fourth-order valence-electron chi connectivity index (χ4n) is 1.93. The Morgan fingerprint density at radius 1 is 1.11 bits per heavy atom. The highest BCUT2D eigenvalue weighted by Gasteiger charge is 2.10. The van der Waals surface area contributed by atoms with E-state index in [-0.39, 0.29) is 0 Å². The third-order valence-corrected chi connectivity index (χ3v) is 2.83. The summed E-state index contributed by atoms with van der Waals surface area (Å²) in [6, 6.07) is 12.0. The summed E-state index contributed by atoms with van der Waals surface area (Å²) in [6.07, 6.45) is 7.67. The largest absolute Gasteiger partial charge is 0.325 e. The van der Waals surface area contributed by atoms with Gasteiger partial charge in [0.2, 0.25) is 11.4 Å². The summed E-state index contributed by atoms with van der Waals surface area (Å²) in [5.41, 5.74) is 8.76. The fraction of sp³-hybridized carbons (Fsp3) is 0.125. The maximum atomic E-state index is 5.67. The molecule has 0 bridgehead atoms. The van der Waals surface area contributed by atoms with Crippen LogP contribution in [0.25, 0.3) is 18.2 Å². The monoisotopic (exact) mass is 252 g/mol. The van der Waals surface area contributed by atoms with Crippen LogP contribution in [0.15, 0.2) is 49.2 Å². The first-order chi connectivity index (χ1) is 9.35. The average Bonchev–Trinajstić information content (AvgIpc) is 2.47. The van der Waals surface area contributed by atoms with E-state index in [2.05, 4.69) is 22.2 Å². The van der Waals surface area contributed by atoms with Gasteiger partial charge in [-0.25, -0.2) is 0 Å². The number of pyridine rings is 2. The Labute approximate surface area is 113 Å². The van der Waals surface area contributed by atoms with Gasteiger partial charge in [-0.1, -0.05) is 12.6 Å². The van der Waals surface area contributed by atoms with Gasteiger partial charge in [0.1, 0.15) is 0 Å². The van der Waals surface area contributed by atoms with Gasteiger partial charge in [0.15, 0.2) is 6.54 Å². The van der Waals surface area contributed by atoms with Gasteiger partial charge in [0.05, 0.1) is 12.2 Å². The zero-order chi connectivity index (χ0) is 13.5. The van der Waals surface area contributed by atoms with Crippen molar-refractivity contribution in [3.05, 3.63) is 66.3 Å². The molecular formula is C16H18N3+. The van der Waals surface area contributed by atoms with Gasteiger partial charge in [-0.05, 0) is 24.3 Å². The minimum absolute atomic E-state index is 0.597. The Morgan fingerprint density at radius 3 is 2.63 bits per heavy atom. The van der Waals surface area contributed by atoms with E-state index in [0.29, 0.717) is 6.54 Å². The number of hydrogen-bond acceptors (Lipinski definition) is 2. The highest BCUT2D eigenvalue weighted by atomic mass is 15.0. The van der Waals surface area contributed by atoms with Crippen molar-refractivity contribution in [2.75, 3.05) is 6.54 Å². The van der Waals surface area contributed by atoms with Crippen molar-refractivity contribution < 1.29 is 4.57 Å². The molecule has 2 aromatic rings. The number of aromatic nitrogens is 2. The first-order valence-corrected chi connectivity index (χ1v) is 6.29. The van der Waals surface area contributed by atoms with Gasteiger partial charge in [0.25, 0.3) is 0 Å². The molecule has 2 aromatic heterocycles. The molecule has 19 heavy (non-hydrogen) atoms. The molecule has 2 rings (SSSR count). The molecule has 0 unspecified atom stereocenters. The number of rotatable bonds is 5. The maximum absolute atomic E-state index is 5.67. The van der Waals surface area contributed by atoms with Crippen LogP contribution < -0.4 is 10.3 Å². The van der Waals surface area contributed by atoms with Crippen LogP contribution in [0.1, 0.15) is 17.1 Å². The van der Waals surface area contributed by atoms with Crippen LogP contribution in [-0.2, 0) is 6.54 Å². The summed E-state index contributed by atoms with van der Waals surface area (Å²) in [6.45, 7) is 5.20. The van der Waals surface area contributed by atoms with Crippen LogP contribution in [0.3, 0.4) is 0 Å². The SMILES string of the molecule is C=Cc1cccc(/C=C/c2ccccn2)[n+]1CCN. The minimum atomic E-state index is 0.597. The Hall–Kier alpha value is -2.26. The number of nitrogens with zero attached hydrogens (tertiary/aromatic N) is 2. The Balaban J connectivity index is 2.34. The summed E-state index contributed by atoms with van der Waals surface area (Å²) in [7, 11) is 0. The third-order valence-electron chi connectivity index (χ3n) is 2.83. The van der Waals surface area contributed by atoms with E-state index in [1.807, 2.05) is 48.6 Å². The first-order valence-electron chi connectivity index (χ1n) is 6.29. The standard InChI is InChI=1S/C16H18N3/c1-2-15-7-5-8-16(19(15)13-11-17)10-9-14-6-3-4-12-18-14/h2-10,12H,1,11,13,17H2/q+1/b10-9+. The van der Waals surface area contributed by atoms with Gasteiger partial charge in [-0.15, -0.1) is 0 Å². The van der Waals surface area contributed by atoms with Crippen LogP contribution in [0, 0.1) is 0 Å². The normalized spacial score (nSPS) is 10.8. The van der Waals surface area contributed by atoms with E-state index in [0.717, 1.165) is 23.6 Å². The van der Waals surface area contributed by atoms with Gasteiger partial charge in [-0.3, -0.25) is 4.98 Å². The molecule has 3 heteroatoms.